The maximum atomic E-state index is 11.2. The van der Waals surface area contributed by atoms with Gasteiger partial charge in [-0.05, 0) is 25.8 Å². The fourth-order valence-electron chi connectivity index (χ4n) is 2.11. The SMILES string of the molecule is CCCC(Br)Cc1cc2nc(C)sc2cc1[N+](=O)[O-]. The van der Waals surface area contributed by atoms with Crippen molar-refractivity contribution in [1.29, 1.82) is 0 Å². The number of aromatic nitrogens is 1. The third-order valence-electron chi connectivity index (χ3n) is 2.94. The van der Waals surface area contributed by atoms with Gasteiger partial charge in [0.05, 0.1) is 20.1 Å². The number of thiazole rings is 1. The number of nitrogens with zero attached hydrogens (tertiary/aromatic N) is 2. The second-order valence-electron chi connectivity index (χ2n) is 4.53. The third-order valence-corrected chi connectivity index (χ3v) is 4.65. The average Bonchev–Trinajstić information content (AvgIpc) is 2.67. The van der Waals surface area contributed by atoms with E-state index < -0.39 is 0 Å². The summed E-state index contributed by atoms with van der Waals surface area (Å²) in [5, 5.41) is 12.1. The first-order valence-electron chi connectivity index (χ1n) is 6.19. The molecule has 1 unspecified atom stereocenters. The molecule has 102 valence electrons. The first-order chi connectivity index (χ1) is 9.01. The highest BCUT2D eigenvalue weighted by Crippen LogP contribution is 2.31. The molecule has 4 nitrogen and oxygen atoms in total. The summed E-state index contributed by atoms with van der Waals surface area (Å²) in [6.45, 7) is 4.02. The summed E-state index contributed by atoms with van der Waals surface area (Å²) in [4.78, 5) is 15.6. The number of alkyl halides is 1. The number of hydrogen-bond acceptors (Lipinski definition) is 4. The Morgan fingerprint density at radius 2 is 2.26 bits per heavy atom. The molecule has 19 heavy (non-hydrogen) atoms. The minimum Gasteiger partial charge on any atom is -0.258 e. The minimum atomic E-state index is -0.296. The summed E-state index contributed by atoms with van der Waals surface area (Å²) < 4.78 is 0.884. The van der Waals surface area contributed by atoms with Gasteiger partial charge in [0.1, 0.15) is 0 Å². The molecule has 1 heterocycles. The van der Waals surface area contributed by atoms with Crippen LogP contribution in [0.3, 0.4) is 0 Å². The lowest BCUT2D eigenvalue weighted by Gasteiger charge is -2.08. The van der Waals surface area contributed by atoms with Gasteiger partial charge in [-0.1, -0.05) is 29.3 Å². The molecular formula is C13H15BrN2O2S. The molecule has 0 aliphatic rings. The van der Waals surface area contributed by atoms with Crippen LogP contribution in [0, 0.1) is 17.0 Å². The highest BCUT2D eigenvalue weighted by Gasteiger charge is 2.19. The molecule has 1 atom stereocenters. The van der Waals surface area contributed by atoms with Gasteiger partial charge in [0.25, 0.3) is 5.69 Å². The zero-order valence-electron chi connectivity index (χ0n) is 10.9. The number of halogens is 1. The molecule has 0 aliphatic heterocycles. The molecule has 0 aliphatic carbocycles. The van der Waals surface area contributed by atoms with Gasteiger partial charge in [0, 0.05) is 16.5 Å². The van der Waals surface area contributed by atoms with Gasteiger partial charge in [0.15, 0.2) is 0 Å². The van der Waals surface area contributed by atoms with Crippen LogP contribution in [-0.2, 0) is 6.42 Å². The lowest BCUT2D eigenvalue weighted by Crippen LogP contribution is -2.05. The van der Waals surface area contributed by atoms with Crippen molar-refractivity contribution in [3.05, 3.63) is 32.8 Å². The van der Waals surface area contributed by atoms with Crippen molar-refractivity contribution >= 4 is 43.2 Å². The number of rotatable bonds is 5. The van der Waals surface area contributed by atoms with Gasteiger partial charge in [0.2, 0.25) is 0 Å². The van der Waals surface area contributed by atoms with E-state index in [2.05, 4.69) is 27.8 Å². The summed E-state index contributed by atoms with van der Waals surface area (Å²) in [6.07, 6.45) is 2.73. The van der Waals surface area contributed by atoms with E-state index in [9.17, 15) is 10.1 Å². The van der Waals surface area contributed by atoms with Crippen molar-refractivity contribution in [3.8, 4) is 0 Å². The average molecular weight is 343 g/mol. The normalized spacial score (nSPS) is 12.8. The fourth-order valence-corrected chi connectivity index (χ4v) is 3.76. The number of hydrogen-bond donors (Lipinski definition) is 0. The van der Waals surface area contributed by atoms with Crippen LogP contribution in [0.5, 0.6) is 0 Å². The zero-order chi connectivity index (χ0) is 14.0. The first kappa shape index (κ1) is 14.4. The zero-order valence-corrected chi connectivity index (χ0v) is 13.3. The lowest BCUT2D eigenvalue weighted by molar-refractivity contribution is -0.385. The number of aryl methyl sites for hydroxylation is 1. The molecule has 1 aromatic carbocycles. The van der Waals surface area contributed by atoms with E-state index in [1.807, 2.05) is 13.0 Å². The van der Waals surface area contributed by atoms with E-state index in [0.717, 1.165) is 33.6 Å². The van der Waals surface area contributed by atoms with E-state index in [0.29, 0.717) is 6.42 Å². The van der Waals surface area contributed by atoms with Crippen LogP contribution in [-0.4, -0.2) is 14.7 Å². The van der Waals surface area contributed by atoms with Crippen molar-refractivity contribution in [2.45, 2.75) is 37.9 Å². The molecule has 2 aromatic rings. The molecule has 0 radical (unpaired) electrons. The standard InChI is InChI=1S/C13H15BrN2O2S/c1-3-4-10(14)5-9-6-11-13(19-8(2)15-11)7-12(9)16(17)18/h6-7,10H,3-5H2,1-2H3. The fraction of sp³-hybridized carbons (Fsp3) is 0.462. The Kier molecular flexibility index (Phi) is 4.52. The molecule has 0 spiro atoms. The summed E-state index contributed by atoms with van der Waals surface area (Å²) >= 11 is 5.08. The maximum absolute atomic E-state index is 11.2. The number of fused-ring (bicyclic) bond motifs is 1. The van der Waals surface area contributed by atoms with Crippen LogP contribution in [0.2, 0.25) is 0 Å². The highest BCUT2D eigenvalue weighted by atomic mass is 79.9. The van der Waals surface area contributed by atoms with Gasteiger partial charge < -0.3 is 0 Å². The summed E-state index contributed by atoms with van der Waals surface area (Å²) in [6, 6.07) is 3.52. The van der Waals surface area contributed by atoms with E-state index in [4.69, 9.17) is 0 Å². The molecule has 0 N–H and O–H groups in total. The van der Waals surface area contributed by atoms with E-state index in [1.165, 1.54) is 11.3 Å². The minimum absolute atomic E-state index is 0.205. The molecule has 6 heteroatoms. The Morgan fingerprint density at radius 1 is 1.53 bits per heavy atom. The van der Waals surface area contributed by atoms with E-state index in [1.54, 1.807) is 6.07 Å². The maximum Gasteiger partial charge on any atom is 0.274 e. The molecule has 1 aromatic heterocycles. The summed E-state index contributed by atoms with van der Waals surface area (Å²) in [5.41, 5.74) is 1.83. The third kappa shape index (κ3) is 3.30. The van der Waals surface area contributed by atoms with Crippen LogP contribution in [0.25, 0.3) is 10.2 Å². The van der Waals surface area contributed by atoms with Crippen molar-refractivity contribution in [3.63, 3.8) is 0 Å². The molecule has 0 saturated carbocycles. The van der Waals surface area contributed by atoms with Crippen molar-refractivity contribution in [1.82, 2.24) is 4.98 Å². The van der Waals surface area contributed by atoms with Gasteiger partial charge in [-0.15, -0.1) is 11.3 Å². The largest absolute Gasteiger partial charge is 0.274 e. The number of benzene rings is 1. The van der Waals surface area contributed by atoms with Crippen LogP contribution in [0.1, 0.15) is 30.3 Å². The Bertz CT molecular complexity index is 612. The molecular weight excluding hydrogens is 328 g/mol. The molecule has 0 saturated heterocycles. The van der Waals surface area contributed by atoms with Crippen molar-refractivity contribution in [2.75, 3.05) is 0 Å². The van der Waals surface area contributed by atoms with Gasteiger partial charge in [-0.25, -0.2) is 4.98 Å². The smallest absolute Gasteiger partial charge is 0.258 e. The lowest BCUT2D eigenvalue weighted by atomic mass is 10.0. The van der Waals surface area contributed by atoms with Crippen molar-refractivity contribution < 1.29 is 4.92 Å². The number of nitro groups is 1. The van der Waals surface area contributed by atoms with Gasteiger partial charge >= 0.3 is 0 Å². The van der Waals surface area contributed by atoms with Gasteiger partial charge in [-0.3, -0.25) is 10.1 Å². The summed E-state index contributed by atoms with van der Waals surface area (Å²) in [5.74, 6) is 0. The van der Waals surface area contributed by atoms with Crippen molar-refractivity contribution in [2.24, 2.45) is 0 Å². The predicted octanol–water partition coefficient (Wildman–Crippen LogP) is 4.62. The molecule has 2 rings (SSSR count). The summed E-state index contributed by atoms with van der Waals surface area (Å²) in [7, 11) is 0. The van der Waals surface area contributed by atoms with Crippen LogP contribution in [0.15, 0.2) is 12.1 Å². The Hall–Kier alpha value is -1.01. The van der Waals surface area contributed by atoms with Gasteiger partial charge in [-0.2, -0.15) is 0 Å². The molecule has 0 fully saturated rings. The van der Waals surface area contributed by atoms with E-state index in [-0.39, 0.29) is 15.4 Å². The molecule has 0 amide bonds. The quantitative estimate of drug-likeness (QED) is 0.452. The second kappa shape index (κ2) is 5.96. The second-order valence-corrected chi connectivity index (χ2v) is 7.06. The topological polar surface area (TPSA) is 56.0 Å². The Balaban J connectivity index is 2.44. The Labute approximate surface area is 124 Å². The molecule has 0 bridgehead atoms. The van der Waals surface area contributed by atoms with Crippen LogP contribution < -0.4 is 0 Å². The van der Waals surface area contributed by atoms with Crippen LogP contribution >= 0.6 is 27.3 Å². The van der Waals surface area contributed by atoms with Crippen LogP contribution in [0.4, 0.5) is 5.69 Å². The Morgan fingerprint density at radius 3 is 2.89 bits per heavy atom. The monoisotopic (exact) mass is 342 g/mol. The highest BCUT2D eigenvalue weighted by molar-refractivity contribution is 9.09. The van der Waals surface area contributed by atoms with E-state index >= 15 is 0 Å². The predicted molar refractivity (Wildman–Crippen MR) is 82.3 cm³/mol. The first-order valence-corrected chi connectivity index (χ1v) is 7.93. The number of nitro benzene ring substituents is 1.